The maximum Gasteiger partial charge on any atom is 0.337 e. The molecule has 120 valence electrons. The number of anilines is 1. The van der Waals surface area contributed by atoms with Gasteiger partial charge in [0.05, 0.1) is 16.8 Å². The standard InChI is InChI=1S/C16H17ClN4O2/c17-14-9-12(1-2-13(14)16(22)23)11-20-5-7-21(8-6-20)15-10-18-3-4-19-15/h1-4,9-10H,5-8,11H2,(H,22,23). The van der Waals surface area contributed by atoms with E-state index >= 15 is 0 Å². The van der Waals surface area contributed by atoms with Gasteiger partial charge >= 0.3 is 5.97 Å². The lowest BCUT2D eigenvalue weighted by atomic mass is 10.1. The van der Waals surface area contributed by atoms with Crippen molar-refractivity contribution in [3.63, 3.8) is 0 Å². The molecule has 0 atom stereocenters. The van der Waals surface area contributed by atoms with Gasteiger partial charge in [0.25, 0.3) is 0 Å². The van der Waals surface area contributed by atoms with Gasteiger partial charge in [-0.1, -0.05) is 17.7 Å². The van der Waals surface area contributed by atoms with Crippen LogP contribution in [0.1, 0.15) is 15.9 Å². The van der Waals surface area contributed by atoms with Crippen LogP contribution >= 0.6 is 11.6 Å². The fraction of sp³-hybridized carbons (Fsp3) is 0.312. The van der Waals surface area contributed by atoms with E-state index < -0.39 is 5.97 Å². The molecule has 1 N–H and O–H groups in total. The highest BCUT2D eigenvalue weighted by molar-refractivity contribution is 6.33. The van der Waals surface area contributed by atoms with Crippen molar-refractivity contribution in [2.45, 2.75) is 6.54 Å². The monoisotopic (exact) mass is 332 g/mol. The lowest BCUT2D eigenvalue weighted by molar-refractivity contribution is 0.0697. The Morgan fingerprint density at radius 1 is 1.22 bits per heavy atom. The third-order valence-electron chi connectivity index (χ3n) is 3.92. The van der Waals surface area contributed by atoms with Gasteiger partial charge in [-0.2, -0.15) is 0 Å². The fourth-order valence-electron chi connectivity index (χ4n) is 2.68. The molecule has 1 fully saturated rings. The number of hydrogen-bond acceptors (Lipinski definition) is 5. The zero-order valence-electron chi connectivity index (χ0n) is 12.5. The second-order valence-electron chi connectivity index (χ2n) is 5.45. The molecular weight excluding hydrogens is 316 g/mol. The number of aromatic nitrogens is 2. The SMILES string of the molecule is O=C(O)c1ccc(CN2CCN(c3cnccn3)CC2)cc1Cl. The molecule has 1 aromatic carbocycles. The number of piperazine rings is 1. The molecule has 0 bridgehead atoms. The Hall–Kier alpha value is -2.18. The summed E-state index contributed by atoms with van der Waals surface area (Å²) in [4.78, 5) is 23.9. The predicted octanol–water partition coefficient (Wildman–Crippen LogP) is 2.15. The highest BCUT2D eigenvalue weighted by atomic mass is 35.5. The van der Waals surface area contributed by atoms with Crippen LogP contribution in [0.15, 0.2) is 36.8 Å². The summed E-state index contributed by atoms with van der Waals surface area (Å²) in [5, 5.41) is 9.29. The number of halogens is 1. The molecule has 1 aromatic heterocycles. The minimum Gasteiger partial charge on any atom is -0.478 e. The summed E-state index contributed by atoms with van der Waals surface area (Å²) < 4.78 is 0. The first kappa shape index (κ1) is 15.7. The van der Waals surface area contributed by atoms with E-state index in [1.165, 1.54) is 0 Å². The van der Waals surface area contributed by atoms with Crippen molar-refractivity contribution in [3.05, 3.63) is 52.9 Å². The summed E-state index contributed by atoms with van der Waals surface area (Å²) in [7, 11) is 0. The molecule has 1 saturated heterocycles. The Morgan fingerprint density at radius 3 is 2.61 bits per heavy atom. The van der Waals surface area contributed by atoms with E-state index in [9.17, 15) is 4.79 Å². The van der Waals surface area contributed by atoms with Crippen LogP contribution < -0.4 is 4.90 Å². The van der Waals surface area contributed by atoms with Crippen molar-refractivity contribution >= 4 is 23.4 Å². The van der Waals surface area contributed by atoms with Crippen molar-refractivity contribution in [2.75, 3.05) is 31.1 Å². The van der Waals surface area contributed by atoms with Crippen LogP contribution in [0.5, 0.6) is 0 Å². The van der Waals surface area contributed by atoms with Crippen LogP contribution in [0, 0.1) is 0 Å². The van der Waals surface area contributed by atoms with Gasteiger partial charge in [-0.15, -0.1) is 0 Å². The summed E-state index contributed by atoms with van der Waals surface area (Å²) >= 11 is 6.02. The third kappa shape index (κ3) is 3.78. The molecule has 0 aliphatic carbocycles. The molecule has 6 nitrogen and oxygen atoms in total. The van der Waals surface area contributed by atoms with Gasteiger partial charge in [0, 0.05) is 45.1 Å². The van der Waals surface area contributed by atoms with E-state index in [-0.39, 0.29) is 10.6 Å². The first-order valence-corrected chi connectivity index (χ1v) is 7.76. The van der Waals surface area contributed by atoms with Gasteiger partial charge in [0.15, 0.2) is 0 Å². The van der Waals surface area contributed by atoms with Gasteiger partial charge in [0.2, 0.25) is 0 Å². The summed E-state index contributed by atoms with van der Waals surface area (Å²) in [6.45, 7) is 4.36. The highest BCUT2D eigenvalue weighted by Gasteiger charge is 2.18. The van der Waals surface area contributed by atoms with Gasteiger partial charge in [0.1, 0.15) is 5.82 Å². The van der Waals surface area contributed by atoms with Gasteiger partial charge in [-0.3, -0.25) is 9.88 Å². The number of carboxylic acids is 1. The molecule has 0 amide bonds. The van der Waals surface area contributed by atoms with Gasteiger partial charge < -0.3 is 10.0 Å². The van der Waals surface area contributed by atoms with E-state index in [1.54, 1.807) is 30.7 Å². The molecule has 0 spiro atoms. The fourth-order valence-corrected chi connectivity index (χ4v) is 2.96. The Kier molecular flexibility index (Phi) is 4.73. The first-order valence-electron chi connectivity index (χ1n) is 7.38. The molecule has 2 aromatic rings. The summed E-state index contributed by atoms with van der Waals surface area (Å²) in [5.74, 6) is -0.0971. The third-order valence-corrected chi connectivity index (χ3v) is 4.23. The number of benzene rings is 1. The van der Waals surface area contributed by atoms with Crippen molar-refractivity contribution in [1.82, 2.24) is 14.9 Å². The predicted molar refractivity (Wildman–Crippen MR) is 87.9 cm³/mol. The number of nitrogens with zero attached hydrogens (tertiary/aromatic N) is 4. The molecule has 2 heterocycles. The molecule has 23 heavy (non-hydrogen) atoms. The van der Waals surface area contributed by atoms with Crippen LogP contribution in [0.4, 0.5) is 5.82 Å². The number of carbonyl (C=O) groups is 1. The van der Waals surface area contributed by atoms with Crippen LogP contribution in [-0.2, 0) is 6.54 Å². The van der Waals surface area contributed by atoms with E-state index in [1.807, 2.05) is 6.07 Å². The van der Waals surface area contributed by atoms with Crippen LogP contribution in [0.3, 0.4) is 0 Å². The lowest BCUT2D eigenvalue weighted by Crippen LogP contribution is -2.46. The number of aromatic carboxylic acids is 1. The van der Waals surface area contributed by atoms with E-state index in [4.69, 9.17) is 16.7 Å². The zero-order valence-corrected chi connectivity index (χ0v) is 13.3. The minimum absolute atomic E-state index is 0.142. The molecule has 7 heteroatoms. The topological polar surface area (TPSA) is 69.6 Å². The number of rotatable bonds is 4. The Balaban J connectivity index is 1.59. The number of hydrogen-bond donors (Lipinski definition) is 1. The molecule has 3 rings (SSSR count). The quantitative estimate of drug-likeness (QED) is 0.925. The summed E-state index contributed by atoms with van der Waals surface area (Å²) in [6.07, 6.45) is 5.15. The van der Waals surface area contributed by atoms with Crippen LogP contribution in [0.2, 0.25) is 5.02 Å². The largest absolute Gasteiger partial charge is 0.478 e. The van der Waals surface area contributed by atoms with E-state index in [0.29, 0.717) is 0 Å². The second kappa shape index (κ2) is 6.93. The molecular formula is C16H17ClN4O2. The second-order valence-corrected chi connectivity index (χ2v) is 5.85. The van der Waals surface area contributed by atoms with Crippen molar-refractivity contribution in [1.29, 1.82) is 0 Å². The first-order chi connectivity index (χ1) is 11.1. The zero-order chi connectivity index (χ0) is 16.2. The Morgan fingerprint density at radius 2 is 2.00 bits per heavy atom. The van der Waals surface area contributed by atoms with E-state index in [0.717, 1.165) is 44.1 Å². The molecule has 0 radical (unpaired) electrons. The summed E-state index contributed by atoms with van der Waals surface area (Å²) in [6, 6.07) is 5.13. The Labute approximate surface area is 139 Å². The Bertz CT molecular complexity index is 688. The summed E-state index contributed by atoms with van der Waals surface area (Å²) in [5.41, 5.74) is 1.16. The smallest absolute Gasteiger partial charge is 0.337 e. The normalized spacial score (nSPS) is 15.6. The van der Waals surface area contributed by atoms with Crippen LogP contribution in [0.25, 0.3) is 0 Å². The minimum atomic E-state index is -1.00. The molecule has 0 saturated carbocycles. The van der Waals surface area contributed by atoms with E-state index in [2.05, 4.69) is 19.8 Å². The van der Waals surface area contributed by atoms with Gasteiger partial charge in [-0.05, 0) is 17.7 Å². The molecule has 1 aliphatic rings. The highest BCUT2D eigenvalue weighted by Crippen LogP contribution is 2.20. The molecule has 0 unspecified atom stereocenters. The van der Waals surface area contributed by atoms with Crippen molar-refractivity contribution < 1.29 is 9.90 Å². The lowest BCUT2D eigenvalue weighted by Gasteiger charge is -2.35. The number of carboxylic acid groups (broad SMARTS) is 1. The van der Waals surface area contributed by atoms with Crippen molar-refractivity contribution in [3.8, 4) is 0 Å². The average molecular weight is 333 g/mol. The maximum atomic E-state index is 11.0. The average Bonchev–Trinajstić information content (AvgIpc) is 2.56. The van der Waals surface area contributed by atoms with Crippen LogP contribution in [-0.4, -0.2) is 52.1 Å². The maximum absolute atomic E-state index is 11.0. The van der Waals surface area contributed by atoms with Crippen molar-refractivity contribution in [2.24, 2.45) is 0 Å². The van der Waals surface area contributed by atoms with Gasteiger partial charge in [-0.25, -0.2) is 9.78 Å². The molecule has 1 aliphatic heterocycles.